The molecule has 84 valence electrons. The zero-order valence-corrected chi connectivity index (χ0v) is 10.6. The molecule has 1 aromatic rings. The summed E-state index contributed by atoms with van der Waals surface area (Å²) in [5, 5.41) is 0.178. The molecule has 2 atom stereocenters. The third kappa shape index (κ3) is 2.64. The molecule has 0 aliphatic carbocycles. The smallest absolute Gasteiger partial charge is 0.0445 e. The predicted octanol–water partition coefficient (Wildman–Crippen LogP) is 3.22. The summed E-state index contributed by atoms with van der Waals surface area (Å²) < 4.78 is 0. The van der Waals surface area contributed by atoms with Gasteiger partial charge in [0, 0.05) is 5.37 Å². The van der Waals surface area contributed by atoms with Crippen LogP contribution in [0.4, 0.5) is 0 Å². The fourth-order valence-electron chi connectivity index (χ4n) is 1.60. The third-order valence-electron chi connectivity index (χ3n) is 2.92. The first-order valence-corrected chi connectivity index (χ1v) is 7.67. The first-order valence-electron chi connectivity index (χ1n) is 5.15. The zero-order chi connectivity index (χ0) is 11.5. The van der Waals surface area contributed by atoms with E-state index in [9.17, 15) is 0 Å². The average molecular weight is 223 g/mol. The van der Waals surface area contributed by atoms with Gasteiger partial charge in [0.2, 0.25) is 0 Å². The summed E-state index contributed by atoms with van der Waals surface area (Å²) in [6.07, 6.45) is 6.49. The molecule has 0 heterocycles. The number of nitrogens with two attached hydrogens (primary N) is 1. The van der Waals surface area contributed by atoms with Gasteiger partial charge in [0.25, 0.3) is 0 Å². The molecule has 15 heavy (non-hydrogen) atoms. The fourth-order valence-corrected chi connectivity index (χ4v) is 3.96. The highest BCUT2D eigenvalue weighted by Crippen LogP contribution is 2.53. The van der Waals surface area contributed by atoms with Crippen LogP contribution in [-0.2, 0) is 0 Å². The highest BCUT2D eigenvalue weighted by molar-refractivity contribution is 8.33. The van der Waals surface area contributed by atoms with Crippen molar-refractivity contribution in [1.82, 2.24) is 0 Å². The van der Waals surface area contributed by atoms with Crippen molar-refractivity contribution in [3.05, 3.63) is 43.0 Å². The summed E-state index contributed by atoms with van der Waals surface area (Å²) in [4.78, 5) is 1.37. The van der Waals surface area contributed by atoms with Gasteiger partial charge in [-0.05, 0) is 23.3 Å². The van der Waals surface area contributed by atoms with E-state index in [1.54, 1.807) is 0 Å². The van der Waals surface area contributed by atoms with Crippen molar-refractivity contribution in [2.45, 2.75) is 17.2 Å². The van der Waals surface area contributed by atoms with Crippen molar-refractivity contribution < 1.29 is 0 Å². The van der Waals surface area contributed by atoms with Crippen molar-refractivity contribution in [2.24, 2.45) is 11.7 Å². The quantitative estimate of drug-likeness (QED) is 0.779. The van der Waals surface area contributed by atoms with E-state index >= 15 is 0 Å². The van der Waals surface area contributed by atoms with E-state index in [-0.39, 0.29) is 5.37 Å². The lowest BCUT2D eigenvalue weighted by atomic mass is 10.2. The van der Waals surface area contributed by atoms with Crippen LogP contribution in [0.3, 0.4) is 0 Å². The second-order valence-electron chi connectivity index (χ2n) is 4.28. The molecule has 0 aliphatic heterocycles. The first-order chi connectivity index (χ1) is 7.00. The van der Waals surface area contributed by atoms with Gasteiger partial charge in [-0.15, -0.1) is 6.58 Å². The monoisotopic (exact) mass is 223 g/mol. The van der Waals surface area contributed by atoms with Crippen LogP contribution in [0.5, 0.6) is 0 Å². The summed E-state index contributed by atoms with van der Waals surface area (Å²) in [5.74, 6) is 0.357. The molecule has 2 heteroatoms. The van der Waals surface area contributed by atoms with E-state index in [1.165, 1.54) is 4.90 Å². The van der Waals surface area contributed by atoms with Crippen LogP contribution >= 0.6 is 10.0 Å². The van der Waals surface area contributed by atoms with Crippen LogP contribution in [0.1, 0.15) is 6.92 Å². The van der Waals surface area contributed by atoms with Gasteiger partial charge in [0.15, 0.2) is 0 Å². The van der Waals surface area contributed by atoms with E-state index in [2.05, 4.69) is 50.3 Å². The molecule has 0 spiro atoms. The number of rotatable bonds is 4. The zero-order valence-electron chi connectivity index (χ0n) is 9.81. The standard InChI is InChI=1S/C13H21NS/c1-5-11(2)13(14)15(3,4)12-9-7-6-8-10-12/h5-11,13H,1,14H2,2-4H3/t11-,13+/m0/s1. The molecule has 0 radical (unpaired) electrons. The van der Waals surface area contributed by atoms with Gasteiger partial charge in [-0.3, -0.25) is 0 Å². The van der Waals surface area contributed by atoms with Gasteiger partial charge in [-0.1, -0.05) is 43.3 Å². The summed E-state index contributed by atoms with van der Waals surface area (Å²) >= 11 is 0. The summed E-state index contributed by atoms with van der Waals surface area (Å²) in [7, 11) is -0.944. The highest BCUT2D eigenvalue weighted by Gasteiger charge is 2.25. The van der Waals surface area contributed by atoms with Gasteiger partial charge in [-0.2, -0.15) is 0 Å². The fraction of sp³-hybridized carbons (Fsp3) is 0.385. The Hall–Kier alpha value is -0.730. The molecule has 0 fully saturated rings. The molecule has 0 amide bonds. The van der Waals surface area contributed by atoms with Crippen molar-refractivity contribution >= 4 is 10.0 Å². The van der Waals surface area contributed by atoms with Gasteiger partial charge in [0.1, 0.15) is 0 Å². The normalized spacial score (nSPS) is 16.8. The molecule has 0 unspecified atom stereocenters. The molecule has 0 saturated heterocycles. The summed E-state index contributed by atoms with van der Waals surface area (Å²) in [5.41, 5.74) is 6.30. The van der Waals surface area contributed by atoms with Crippen molar-refractivity contribution in [2.75, 3.05) is 12.5 Å². The third-order valence-corrected chi connectivity index (χ3v) is 6.20. The lowest BCUT2D eigenvalue weighted by Gasteiger charge is -2.40. The summed E-state index contributed by atoms with van der Waals surface area (Å²) in [6.45, 7) is 5.96. The number of hydrogen-bond acceptors (Lipinski definition) is 1. The maximum Gasteiger partial charge on any atom is 0.0445 e. The van der Waals surface area contributed by atoms with Crippen molar-refractivity contribution in [1.29, 1.82) is 0 Å². The van der Waals surface area contributed by atoms with E-state index < -0.39 is 10.0 Å². The molecule has 1 aromatic carbocycles. The van der Waals surface area contributed by atoms with E-state index in [1.807, 2.05) is 12.1 Å². The number of benzene rings is 1. The molecule has 0 bridgehead atoms. The maximum atomic E-state index is 6.30. The molecule has 0 saturated carbocycles. The number of hydrogen-bond donors (Lipinski definition) is 1. The topological polar surface area (TPSA) is 26.0 Å². The van der Waals surface area contributed by atoms with Crippen LogP contribution in [0.25, 0.3) is 0 Å². The van der Waals surface area contributed by atoms with Gasteiger partial charge >= 0.3 is 0 Å². The SMILES string of the molecule is C=C[C@H](C)[C@H](N)S(C)(C)c1ccccc1. The Morgan fingerprint density at radius 2 is 1.80 bits per heavy atom. The average Bonchev–Trinajstić information content (AvgIpc) is 2.28. The largest absolute Gasteiger partial charge is 0.320 e. The summed E-state index contributed by atoms with van der Waals surface area (Å²) in [6, 6.07) is 10.5. The Kier molecular flexibility index (Phi) is 4.00. The molecule has 1 nitrogen and oxygen atoms in total. The minimum absolute atomic E-state index is 0.178. The molecule has 0 aromatic heterocycles. The van der Waals surface area contributed by atoms with E-state index in [4.69, 9.17) is 5.73 Å². The second kappa shape index (κ2) is 4.86. The Bertz CT molecular complexity index is 319. The van der Waals surface area contributed by atoms with E-state index in [0.717, 1.165) is 0 Å². The highest BCUT2D eigenvalue weighted by atomic mass is 32.3. The molecule has 2 N–H and O–H groups in total. The minimum atomic E-state index is -0.944. The van der Waals surface area contributed by atoms with E-state index in [0.29, 0.717) is 5.92 Å². The van der Waals surface area contributed by atoms with Crippen molar-refractivity contribution in [3.63, 3.8) is 0 Å². The van der Waals surface area contributed by atoms with Crippen LogP contribution in [0.15, 0.2) is 47.9 Å². The van der Waals surface area contributed by atoms with Gasteiger partial charge < -0.3 is 5.73 Å². The molecule has 0 aliphatic rings. The van der Waals surface area contributed by atoms with Crippen LogP contribution in [0.2, 0.25) is 0 Å². The lowest BCUT2D eigenvalue weighted by Crippen LogP contribution is -2.32. The molecule has 1 rings (SSSR count). The van der Waals surface area contributed by atoms with Crippen molar-refractivity contribution in [3.8, 4) is 0 Å². The Morgan fingerprint density at radius 3 is 2.27 bits per heavy atom. The minimum Gasteiger partial charge on any atom is -0.320 e. The van der Waals surface area contributed by atoms with Gasteiger partial charge in [-0.25, -0.2) is 10.0 Å². The lowest BCUT2D eigenvalue weighted by molar-refractivity contribution is 0.687. The Balaban J connectivity index is 2.97. The second-order valence-corrected chi connectivity index (χ2v) is 8.11. The predicted molar refractivity (Wildman–Crippen MR) is 71.5 cm³/mol. The first kappa shape index (κ1) is 12.3. The Labute approximate surface area is 94.7 Å². The van der Waals surface area contributed by atoms with Crippen LogP contribution in [-0.4, -0.2) is 17.9 Å². The maximum absolute atomic E-state index is 6.30. The van der Waals surface area contributed by atoms with Crippen LogP contribution < -0.4 is 5.73 Å². The molecular formula is C13H21NS. The van der Waals surface area contributed by atoms with Crippen LogP contribution in [0, 0.1) is 5.92 Å². The molecular weight excluding hydrogens is 202 g/mol. The Morgan fingerprint density at radius 1 is 1.27 bits per heavy atom. The van der Waals surface area contributed by atoms with Gasteiger partial charge in [0.05, 0.1) is 0 Å².